The number of rotatable bonds is 4. The number of nitrogens with zero attached hydrogens (tertiary/aromatic N) is 3. The molecule has 2 aliphatic rings. The molecule has 2 fully saturated rings. The van der Waals surface area contributed by atoms with Crippen molar-refractivity contribution in [2.24, 2.45) is 13.0 Å². The molecule has 0 bridgehead atoms. The Morgan fingerprint density at radius 1 is 1.33 bits per heavy atom. The highest BCUT2D eigenvalue weighted by Gasteiger charge is 2.27. The summed E-state index contributed by atoms with van der Waals surface area (Å²) in [5.74, 6) is 1.68. The van der Waals surface area contributed by atoms with E-state index in [9.17, 15) is 4.79 Å². The first kappa shape index (κ1) is 14.4. The second-order valence-electron chi connectivity index (χ2n) is 6.41. The highest BCUT2D eigenvalue weighted by molar-refractivity contribution is 5.88. The van der Waals surface area contributed by atoms with Crippen LogP contribution >= 0.6 is 0 Å². The van der Waals surface area contributed by atoms with Gasteiger partial charge in [-0.25, -0.2) is 4.79 Å². The van der Waals surface area contributed by atoms with E-state index in [0.717, 1.165) is 43.4 Å². The Bertz CT molecular complexity index is 500. The van der Waals surface area contributed by atoms with Crippen LogP contribution in [0.15, 0.2) is 6.07 Å². The van der Waals surface area contributed by atoms with Crippen molar-refractivity contribution in [3.8, 4) is 0 Å². The van der Waals surface area contributed by atoms with E-state index in [1.165, 1.54) is 19.4 Å². The summed E-state index contributed by atoms with van der Waals surface area (Å²) in [6.45, 7) is 5.38. The predicted molar refractivity (Wildman–Crippen MR) is 82.3 cm³/mol. The quantitative estimate of drug-likeness (QED) is 0.888. The molecule has 0 spiro atoms. The third-order valence-corrected chi connectivity index (χ3v) is 4.38. The molecule has 0 unspecified atom stereocenters. The SMILES string of the molecule is Cc1cc(NC(=O)NC2CCN(CC3CC3)CC2)n(C)n1. The predicted octanol–water partition coefficient (Wildman–Crippen LogP) is 1.72. The summed E-state index contributed by atoms with van der Waals surface area (Å²) in [6, 6.07) is 2.03. The van der Waals surface area contributed by atoms with E-state index in [-0.39, 0.29) is 12.1 Å². The Morgan fingerprint density at radius 3 is 2.62 bits per heavy atom. The molecule has 1 aromatic rings. The van der Waals surface area contributed by atoms with Crippen molar-refractivity contribution in [2.45, 2.75) is 38.6 Å². The van der Waals surface area contributed by atoms with Gasteiger partial charge in [-0.05, 0) is 38.5 Å². The number of hydrogen-bond acceptors (Lipinski definition) is 3. The summed E-state index contributed by atoms with van der Waals surface area (Å²) in [4.78, 5) is 14.6. The summed E-state index contributed by atoms with van der Waals surface area (Å²) in [5.41, 5.74) is 0.904. The van der Waals surface area contributed by atoms with E-state index in [1.54, 1.807) is 4.68 Å². The number of aromatic nitrogens is 2. The van der Waals surface area contributed by atoms with Crippen LogP contribution in [0.25, 0.3) is 0 Å². The molecule has 0 atom stereocenters. The molecule has 6 heteroatoms. The molecule has 116 valence electrons. The molecular weight excluding hydrogens is 266 g/mol. The second kappa shape index (κ2) is 6.05. The minimum atomic E-state index is -0.126. The van der Waals surface area contributed by atoms with E-state index < -0.39 is 0 Å². The monoisotopic (exact) mass is 291 g/mol. The minimum Gasteiger partial charge on any atom is -0.335 e. The molecule has 6 nitrogen and oxygen atoms in total. The number of carbonyl (C=O) groups excluding carboxylic acids is 1. The molecule has 2 amide bonds. The summed E-state index contributed by atoms with van der Waals surface area (Å²) in [7, 11) is 1.83. The van der Waals surface area contributed by atoms with Gasteiger partial charge in [-0.1, -0.05) is 0 Å². The van der Waals surface area contributed by atoms with Gasteiger partial charge >= 0.3 is 6.03 Å². The zero-order valence-electron chi connectivity index (χ0n) is 12.9. The summed E-state index contributed by atoms with van der Waals surface area (Å²) >= 11 is 0. The van der Waals surface area contributed by atoms with Crippen LogP contribution in [0.5, 0.6) is 0 Å². The fraction of sp³-hybridized carbons (Fsp3) is 0.733. The van der Waals surface area contributed by atoms with Crippen LogP contribution in [0.1, 0.15) is 31.4 Å². The normalized spacial score (nSPS) is 20.5. The standard InChI is InChI=1S/C15H25N5O/c1-11-9-14(19(2)18-11)17-15(21)16-13-5-7-20(8-6-13)10-12-3-4-12/h9,12-13H,3-8,10H2,1-2H3,(H2,16,17,21). The van der Waals surface area contributed by atoms with Gasteiger partial charge in [0.25, 0.3) is 0 Å². The van der Waals surface area contributed by atoms with Gasteiger partial charge in [-0.2, -0.15) is 5.10 Å². The maximum atomic E-state index is 12.0. The molecule has 2 N–H and O–H groups in total. The Labute approximate surface area is 125 Å². The zero-order chi connectivity index (χ0) is 14.8. The van der Waals surface area contributed by atoms with E-state index in [2.05, 4.69) is 20.6 Å². The topological polar surface area (TPSA) is 62.2 Å². The lowest BCUT2D eigenvalue weighted by molar-refractivity contribution is 0.190. The van der Waals surface area contributed by atoms with E-state index in [0.29, 0.717) is 0 Å². The lowest BCUT2D eigenvalue weighted by Crippen LogP contribution is -2.46. The number of hydrogen-bond donors (Lipinski definition) is 2. The zero-order valence-corrected chi connectivity index (χ0v) is 12.9. The molecule has 1 aliphatic carbocycles. The van der Waals surface area contributed by atoms with Gasteiger partial charge in [0.1, 0.15) is 5.82 Å². The fourth-order valence-electron chi connectivity index (χ4n) is 2.99. The molecule has 1 saturated heterocycles. The van der Waals surface area contributed by atoms with Crippen LogP contribution in [-0.4, -0.2) is 46.4 Å². The third kappa shape index (κ3) is 3.97. The first-order valence-corrected chi connectivity index (χ1v) is 7.90. The lowest BCUT2D eigenvalue weighted by atomic mass is 10.1. The first-order chi connectivity index (χ1) is 10.1. The summed E-state index contributed by atoms with van der Waals surface area (Å²) < 4.78 is 1.69. The van der Waals surface area contributed by atoms with Crippen molar-refractivity contribution < 1.29 is 4.79 Å². The molecule has 3 rings (SSSR count). The first-order valence-electron chi connectivity index (χ1n) is 7.90. The van der Waals surface area contributed by atoms with Gasteiger partial charge in [0.2, 0.25) is 0 Å². The molecule has 2 heterocycles. The van der Waals surface area contributed by atoms with Crippen molar-refractivity contribution >= 4 is 11.8 Å². The third-order valence-electron chi connectivity index (χ3n) is 4.38. The van der Waals surface area contributed by atoms with Crippen molar-refractivity contribution in [2.75, 3.05) is 25.0 Å². The molecule has 1 aliphatic heterocycles. The van der Waals surface area contributed by atoms with Crippen LogP contribution in [0, 0.1) is 12.8 Å². The highest BCUT2D eigenvalue weighted by atomic mass is 16.2. The number of nitrogens with one attached hydrogen (secondary N) is 2. The number of urea groups is 1. The van der Waals surface area contributed by atoms with Crippen molar-refractivity contribution in [3.63, 3.8) is 0 Å². The maximum Gasteiger partial charge on any atom is 0.320 e. The highest BCUT2D eigenvalue weighted by Crippen LogP contribution is 2.30. The van der Waals surface area contributed by atoms with Crippen LogP contribution in [0.4, 0.5) is 10.6 Å². The van der Waals surface area contributed by atoms with E-state index in [4.69, 9.17) is 0 Å². The van der Waals surface area contributed by atoms with Gasteiger partial charge < -0.3 is 10.2 Å². The fourth-order valence-corrected chi connectivity index (χ4v) is 2.99. The van der Waals surface area contributed by atoms with Crippen LogP contribution in [-0.2, 0) is 7.05 Å². The molecule has 1 saturated carbocycles. The average Bonchev–Trinajstić information content (AvgIpc) is 3.18. The Hall–Kier alpha value is -1.56. The van der Waals surface area contributed by atoms with Crippen LogP contribution in [0.2, 0.25) is 0 Å². The lowest BCUT2D eigenvalue weighted by Gasteiger charge is -2.32. The van der Waals surface area contributed by atoms with Gasteiger partial charge in [0, 0.05) is 38.8 Å². The average molecular weight is 291 g/mol. The van der Waals surface area contributed by atoms with E-state index in [1.807, 2.05) is 20.0 Å². The van der Waals surface area contributed by atoms with Crippen molar-refractivity contribution in [1.29, 1.82) is 0 Å². The molecule has 1 aromatic heterocycles. The number of amides is 2. The Balaban J connectivity index is 1.42. The maximum absolute atomic E-state index is 12.0. The number of carbonyl (C=O) groups is 1. The van der Waals surface area contributed by atoms with Gasteiger partial charge in [-0.15, -0.1) is 0 Å². The number of piperidine rings is 1. The Kier molecular flexibility index (Phi) is 4.14. The Morgan fingerprint density at radius 2 is 2.05 bits per heavy atom. The largest absolute Gasteiger partial charge is 0.335 e. The number of aryl methyl sites for hydroxylation is 2. The molecular formula is C15H25N5O. The van der Waals surface area contributed by atoms with Gasteiger partial charge in [0.15, 0.2) is 0 Å². The van der Waals surface area contributed by atoms with Gasteiger partial charge in [0.05, 0.1) is 5.69 Å². The smallest absolute Gasteiger partial charge is 0.320 e. The number of likely N-dealkylation sites (tertiary alicyclic amines) is 1. The van der Waals surface area contributed by atoms with Crippen molar-refractivity contribution in [3.05, 3.63) is 11.8 Å². The van der Waals surface area contributed by atoms with Crippen LogP contribution < -0.4 is 10.6 Å². The second-order valence-corrected chi connectivity index (χ2v) is 6.41. The summed E-state index contributed by atoms with van der Waals surface area (Å²) in [5, 5.41) is 10.2. The minimum absolute atomic E-state index is 0.126. The van der Waals surface area contributed by atoms with Gasteiger partial charge in [-0.3, -0.25) is 10.00 Å². The molecule has 21 heavy (non-hydrogen) atoms. The molecule has 0 radical (unpaired) electrons. The molecule has 0 aromatic carbocycles. The van der Waals surface area contributed by atoms with Crippen LogP contribution in [0.3, 0.4) is 0 Å². The van der Waals surface area contributed by atoms with Crippen molar-refractivity contribution in [1.82, 2.24) is 20.0 Å². The van der Waals surface area contributed by atoms with E-state index >= 15 is 0 Å². The summed E-state index contributed by atoms with van der Waals surface area (Å²) in [6.07, 6.45) is 4.91. The number of anilines is 1.